The first kappa shape index (κ1) is 21.3. The van der Waals surface area contributed by atoms with Crippen molar-refractivity contribution in [1.29, 1.82) is 0 Å². The Morgan fingerprint density at radius 3 is 2.45 bits per heavy atom. The maximum absolute atomic E-state index is 12.4. The molecule has 29 heavy (non-hydrogen) atoms. The monoisotopic (exact) mass is 396 g/mol. The summed E-state index contributed by atoms with van der Waals surface area (Å²) in [6, 6.07) is 16.0. The minimum atomic E-state index is -0.542. The predicted molar refractivity (Wildman–Crippen MR) is 115 cm³/mol. The van der Waals surface area contributed by atoms with Gasteiger partial charge >= 0.3 is 0 Å². The molecule has 1 aliphatic rings. The lowest BCUT2D eigenvalue weighted by atomic mass is 9.95. The second-order valence-corrected chi connectivity index (χ2v) is 8.07. The van der Waals surface area contributed by atoms with Crippen LogP contribution in [0.3, 0.4) is 0 Å². The van der Waals surface area contributed by atoms with E-state index in [-0.39, 0.29) is 18.4 Å². The normalized spacial score (nSPS) is 16.4. The molecule has 0 aromatic heterocycles. The number of hydrogen-bond donors (Lipinski definition) is 2. The Hall–Kier alpha value is -2.37. The van der Waals surface area contributed by atoms with Crippen LogP contribution < -0.4 is 10.1 Å². The first-order valence-corrected chi connectivity index (χ1v) is 10.4. The first-order valence-electron chi connectivity index (χ1n) is 10.4. The van der Waals surface area contributed by atoms with Gasteiger partial charge in [-0.15, -0.1) is 0 Å². The number of hydrogen-bond acceptors (Lipinski definition) is 4. The predicted octanol–water partition coefficient (Wildman–Crippen LogP) is 3.07. The zero-order valence-corrected chi connectivity index (χ0v) is 17.4. The lowest BCUT2D eigenvalue weighted by Crippen LogP contribution is -2.44. The van der Waals surface area contributed by atoms with Crippen molar-refractivity contribution in [3.05, 3.63) is 65.2 Å². The molecule has 1 amide bonds. The molecule has 1 unspecified atom stereocenters. The van der Waals surface area contributed by atoms with Crippen LogP contribution in [0, 0.1) is 19.8 Å². The quantitative estimate of drug-likeness (QED) is 0.720. The molecule has 2 aromatic carbocycles. The van der Waals surface area contributed by atoms with E-state index in [0.29, 0.717) is 13.1 Å². The second-order valence-electron chi connectivity index (χ2n) is 8.07. The van der Waals surface area contributed by atoms with Gasteiger partial charge in [-0.1, -0.05) is 36.4 Å². The van der Waals surface area contributed by atoms with Gasteiger partial charge in [0, 0.05) is 19.0 Å². The van der Waals surface area contributed by atoms with Crippen LogP contribution in [0.1, 0.15) is 29.5 Å². The number of carbonyl (C=O) groups excluding carboxylic acids is 1. The van der Waals surface area contributed by atoms with Gasteiger partial charge in [0.15, 0.2) is 0 Å². The van der Waals surface area contributed by atoms with E-state index in [1.54, 1.807) is 0 Å². The standard InChI is InChI=1S/C24H32N2O3/c1-18-12-19(2)14-23(13-18)29-17-22(27)16-26-10-8-21(9-11-26)24(28)25-15-20-6-4-3-5-7-20/h3-7,12-14,21-22,27H,8-11,15-17H2,1-2H3,(H,25,28). The summed E-state index contributed by atoms with van der Waals surface area (Å²) in [5.74, 6) is 0.987. The molecule has 0 aliphatic carbocycles. The number of rotatable bonds is 8. The summed E-state index contributed by atoms with van der Waals surface area (Å²) in [4.78, 5) is 14.6. The van der Waals surface area contributed by atoms with E-state index in [1.807, 2.05) is 56.3 Å². The summed E-state index contributed by atoms with van der Waals surface area (Å²) in [6.07, 6.45) is 1.11. The summed E-state index contributed by atoms with van der Waals surface area (Å²) in [7, 11) is 0. The highest BCUT2D eigenvalue weighted by Crippen LogP contribution is 2.19. The van der Waals surface area contributed by atoms with Gasteiger partial charge in [0.2, 0.25) is 5.91 Å². The highest BCUT2D eigenvalue weighted by molar-refractivity contribution is 5.78. The molecule has 1 aliphatic heterocycles. The molecule has 2 aromatic rings. The Morgan fingerprint density at radius 2 is 1.79 bits per heavy atom. The molecule has 1 heterocycles. The molecular weight excluding hydrogens is 364 g/mol. The number of nitrogens with zero attached hydrogens (tertiary/aromatic N) is 1. The van der Waals surface area contributed by atoms with Crippen molar-refractivity contribution in [3.63, 3.8) is 0 Å². The van der Waals surface area contributed by atoms with E-state index < -0.39 is 6.10 Å². The fourth-order valence-corrected chi connectivity index (χ4v) is 3.87. The molecule has 5 heteroatoms. The van der Waals surface area contributed by atoms with E-state index in [9.17, 15) is 9.90 Å². The average molecular weight is 397 g/mol. The van der Waals surface area contributed by atoms with Crippen molar-refractivity contribution in [3.8, 4) is 5.75 Å². The molecule has 156 valence electrons. The largest absolute Gasteiger partial charge is 0.491 e. The van der Waals surface area contributed by atoms with Crippen LogP contribution in [-0.2, 0) is 11.3 Å². The Morgan fingerprint density at radius 1 is 1.14 bits per heavy atom. The van der Waals surface area contributed by atoms with Gasteiger partial charge in [-0.2, -0.15) is 0 Å². The molecular formula is C24H32N2O3. The fourth-order valence-electron chi connectivity index (χ4n) is 3.87. The van der Waals surface area contributed by atoms with Gasteiger partial charge in [-0.25, -0.2) is 0 Å². The van der Waals surface area contributed by atoms with Crippen LogP contribution in [0.5, 0.6) is 5.75 Å². The number of likely N-dealkylation sites (tertiary alicyclic amines) is 1. The Bertz CT molecular complexity index is 766. The Kier molecular flexibility index (Phi) is 7.67. The van der Waals surface area contributed by atoms with Crippen LogP contribution >= 0.6 is 0 Å². The van der Waals surface area contributed by atoms with Crippen molar-refractivity contribution < 1.29 is 14.6 Å². The smallest absolute Gasteiger partial charge is 0.223 e. The third-order valence-corrected chi connectivity index (χ3v) is 5.37. The number of carbonyl (C=O) groups is 1. The van der Waals surface area contributed by atoms with E-state index in [2.05, 4.69) is 16.3 Å². The third kappa shape index (κ3) is 6.87. The van der Waals surface area contributed by atoms with Crippen LogP contribution in [0.25, 0.3) is 0 Å². The molecule has 2 N–H and O–H groups in total. The molecule has 0 radical (unpaired) electrons. The number of amides is 1. The van der Waals surface area contributed by atoms with Crippen LogP contribution in [0.15, 0.2) is 48.5 Å². The molecule has 0 saturated carbocycles. The zero-order valence-electron chi connectivity index (χ0n) is 17.4. The molecule has 1 fully saturated rings. The highest BCUT2D eigenvalue weighted by atomic mass is 16.5. The minimum Gasteiger partial charge on any atom is -0.491 e. The Balaban J connectivity index is 1.36. The van der Waals surface area contributed by atoms with Crippen LogP contribution in [0.2, 0.25) is 0 Å². The maximum atomic E-state index is 12.4. The minimum absolute atomic E-state index is 0.0543. The van der Waals surface area contributed by atoms with Crippen molar-refractivity contribution in [2.24, 2.45) is 5.92 Å². The van der Waals surface area contributed by atoms with Gasteiger partial charge < -0.3 is 20.1 Å². The molecule has 0 spiro atoms. The van der Waals surface area contributed by atoms with Crippen molar-refractivity contribution >= 4 is 5.91 Å². The molecule has 5 nitrogen and oxygen atoms in total. The lowest BCUT2D eigenvalue weighted by Gasteiger charge is -2.32. The number of aliphatic hydroxyl groups excluding tert-OH is 1. The lowest BCUT2D eigenvalue weighted by molar-refractivity contribution is -0.126. The van der Waals surface area contributed by atoms with Gasteiger partial charge in [0.1, 0.15) is 18.5 Å². The van der Waals surface area contributed by atoms with Crippen molar-refractivity contribution in [2.75, 3.05) is 26.2 Å². The molecule has 1 saturated heterocycles. The van der Waals surface area contributed by atoms with Crippen LogP contribution in [0.4, 0.5) is 0 Å². The number of β-amino-alcohol motifs (C(OH)–C–C–N with tert-alkyl or cyclic N) is 1. The summed E-state index contributed by atoms with van der Waals surface area (Å²) >= 11 is 0. The van der Waals surface area contributed by atoms with Crippen molar-refractivity contribution in [1.82, 2.24) is 10.2 Å². The summed E-state index contributed by atoms with van der Waals surface area (Å²) in [5, 5.41) is 13.4. The molecule has 3 rings (SSSR count). The van der Waals surface area contributed by atoms with E-state index in [1.165, 1.54) is 0 Å². The topological polar surface area (TPSA) is 61.8 Å². The molecule has 1 atom stereocenters. The van der Waals surface area contributed by atoms with Gasteiger partial charge in [0.05, 0.1) is 0 Å². The zero-order chi connectivity index (χ0) is 20.6. The maximum Gasteiger partial charge on any atom is 0.223 e. The summed E-state index contributed by atoms with van der Waals surface area (Å²) in [6.45, 7) is 7.15. The molecule has 0 bridgehead atoms. The number of aliphatic hydroxyl groups is 1. The van der Waals surface area contributed by atoms with Gasteiger partial charge in [-0.3, -0.25) is 4.79 Å². The van der Waals surface area contributed by atoms with Gasteiger partial charge in [0.25, 0.3) is 0 Å². The highest BCUT2D eigenvalue weighted by Gasteiger charge is 2.25. The average Bonchev–Trinajstić information content (AvgIpc) is 2.71. The van der Waals surface area contributed by atoms with E-state index in [4.69, 9.17) is 4.74 Å². The number of aryl methyl sites for hydroxylation is 2. The number of ether oxygens (including phenoxy) is 1. The number of benzene rings is 2. The summed E-state index contributed by atoms with van der Waals surface area (Å²) in [5.41, 5.74) is 3.43. The fraction of sp³-hybridized carbons (Fsp3) is 0.458. The number of piperidine rings is 1. The number of nitrogens with one attached hydrogen (secondary N) is 1. The SMILES string of the molecule is Cc1cc(C)cc(OCC(O)CN2CCC(C(=O)NCc3ccccc3)CC2)c1. The third-order valence-electron chi connectivity index (χ3n) is 5.37. The Labute approximate surface area is 173 Å². The van der Waals surface area contributed by atoms with Crippen molar-refractivity contribution in [2.45, 2.75) is 39.3 Å². The second kappa shape index (κ2) is 10.4. The summed E-state index contributed by atoms with van der Waals surface area (Å²) < 4.78 is 5.76. The van der Waals surface area contributed by atoms with Gasteiger partial charge in [-0.05, 0) is 68.6 Å². The van der Waals surface area contributed by atoms with Crippen LogP contribution in [-0.4, -0.2) is 48.3 Å². The van der Waals surface area contributed by atoms with E-state index in [0.717, 1.165) is 48.4 Å². The first-order chi connectivity index (χ1) is 14.0. The van der Waals surface area contributed by atoms with E-state index >= 15 is 0 Å².